The molecule has 1 aromatic carbocycles. The van der Waals surface area contributed by atoms with E-state index in [9.17, 15) is 14.7 Å². The Balaban J connectivity index is 2.21. The van der Waals surface area contributed by atoms with Gasteiger partial charge in [-0.3, -0.25) is 4.79 Å². The van der Waals surface area contributed by atoms with E-state index < -0.39 is 22.7 Å². The zero-order valence-electron chi connectivity index (χ0n) is 11.4. The summed E-state index contributed by atoms with van der Waals surface area (Å²) in [4.78, 5) is 23.2. The van der Waals surface area contributed by atoms with E-state index in [4.69, 9.17) is 0 Å². The van der Waals surface area contributed by atoms with Crippen LogP contribution in [-0.4, -0.2) is 36.4 Å². The van der Waals surface area contributed by atoms with Gasteiger partial charge >= 0.3 is 5.97 Å². The number of hydrogen-bond acceptors (Lipinski definition) is 5. The molecule has 0 spiro atoms. The molecule has 1 aromatic rings. The Kier molecular flexibility index (Phi) is 4.36. The van der Waals surface area contributed by atoms with Gasteiger partial charge in [-0.1, -0.05) is 30.3 Å². The number of methoxy groups -OCH3 is 1. The number of amides is 1. The third kappa shape index (κ3) is 2.97. The summed E-state index contributed by atoms with van der Waals surface area (Å²) in [5.74, 6) is -0.443. The Morgan fingerprint density at radius 3 is 2.70 bits per heavy atom. The van der Waals surface area contributed by atoms with Gasteiger partial charge in [-0.15, -0.1) is 5.43 Å². The molecule has 108 valence electrons. The molecule has 1 aliphatic rings. The van der Waals surface area contributed by atoms with Crippen molar-refractivity contribution < 1.29 is 24.0 Å². The van der Waals surface area contributed by atoms with E-state index in [1.807, 2.05) is 30.3 Å². The number of hydrogen-bond donors (Lipinski definition) is 1. The van der Waals surface area contributed by atoms with Crippen LogP contribution in [0.2, 0.25) is 0 Å². The van der Waals surface area contributed by atoms with Gasteiger partial charge in [0.15, 0.2) is 6.04 Å². The second kappa shape index (κ2) is 6.02. The van der Waals surface area contributed by atoms with Gasteiger partial charge in [0.1, 0.15) is 13.1 Å². The zero-order valence-corrected chi connectivity index (χ0v) is 11.4. The topological polar surface area (TPSA) is 78.5 Å². The van der Waals surface area contributed by atoms with E-state index in [0.29, 0.717) is 19.4 Å². The normalized spacial score (nSPS) is 25.9. The Morgan fingerprint density at radius 1 is 1.40 bits per heavy atom. The minimum atomic E-state index is -1.23. The molecule has 0 bridgehead atoms. The van der Waals surface area contributed by atoms with E-state index in [-0.39, 0.29) is 6.54 Å². The van der Waals surface area contributed by atoms with Gasteiger partial charge in [0.25, 0.3) is 6.09 Å². The molecule has 20 heavy (non-hydrogen) atoms. The molecule has 0 saturated carbocycles. The van der Waals surface area contributed by atoms with Crippen LogP contribution in [0.5, 0.6) is 0 Å². The minimum absolute atomic E-state index is 0.233. The lowest BCUT2D eigenvalue weighted by atomic mass is 10.1. The Labute approximate surface area is 117 Å². The van der Waals surface area contributed by atoms with Gasteiger partial charge in [-0.05, 0) is 6.42 Å². The standard InChI is InChI=1S/C14H18N2O4/c1-20-13(17)12-8-5-9-16(15-12,14(18)19)10-11-6-3-2-4-7-11/h2-4,6-7,12,15H,5,8-10H2,1H3/t12?,16-/m1/s1. The molecule has 1 heterocycles. The number of quaternary nitrogens is 1. The highest BCUT2D eigenvalue weighted by molar-refractivity contribution is 5.75. The van der Waals surface area contributed by atoms with Gasteiger partial charge in [0.2, 0.25) is 0 Å². The Morgan fingerprint density at radius 2 is 2.10 bits per heavy atom. The van der Waals surface area contributed by atoms with Crippen LogP contribution in [0.3, 0.4) is 0 Å². The fourth-order valence-electron chi connectivity index (χ4n) is 2.53. The van der Waals surface area contributed by atoms with Crippen molar-refractivity contribution in [1.82, 2.24) is 5.43 Å². The summed E-state index contributed by atoms with van der Waals surface area (Å²) in [6.07, 6.45) is -0.0510. The molecule has 2 atom stereocenters. The van der Waals surface area contributed by atoms with Crippen LogP contribution in [0.1, 0.15) is 18.4 Å². The van der Waals surface area contributed by atoms with E-state index in [0.717, 1.165) is 5.56 Å². The molecule has 0 radical (unpaired) electrons. The number of carbonyl (C=O) groups excluding carboxylic acids is 2. The zero-order chi connectivity index (χ0) is 14.6. The van der Waals surface area contributed by atoms with Crippen LogP contribution in [0.4, 0.5) is 4.79 Å². The van der Waals surface area contributed by atoms with Gasteiger partial charge in [0, 0.05) is 12.0 Å². The fourth-order valence-corrected chi connectivity index (χ4v) is 2.53. The van der Waals surface area contributed by atoms with Crippen LogP contribution >= 0.6 is 0 Å². The predicted molar refractivity (Wildman–Crippen MR) is 68.8 cm³/mol. The van der Waals surface area contributed by atoms with E-state index in [1.54, 1.807) is 0 Å². The van der Waals surface area contributed by atoms with Crippen LogP contribution in [-0.2, 0) is 16.1 Å². The number of esters is 1. The summed E-state index contributed by atoms with van der Waals surface area (Å²) < 4.78 is 4.23. The average Bonchev–Trinajstić information content (AvgIpc) is 2.47. The second-order valence-corrected chi connectivity index (χ2v) is 4.95. The van der Waals surface area contributed by atoms with Crippen LogP contribution in [0.15, 0.2) is 30.3 Å². The first-order valence-electron chi connectivity index (χ1n) is 6.55. The number of benzene rings is 1. The third-order valence-electron chi connectivity index (χ3n) is 3.57. The minimum Gasteiger partial charge on any atom is -0.497 e. The molecule has 1 fully saturated rings. The lowest BCUT2D eigenvalue weighted by Gasteiger charge is -2.42. The van der Waals surface area contributed by atoms with E-state index >= 15 is 0 Å². The predicted octanol–water partition coefficient (Wildman–Crippen LogP) is 0.187. The summed E-state index contributed by atoms with van der Waals surface area (Å²) in [7, 11) is 1.30. The molecule has 1 N–H and O–H groups in total. The average molecular weight is 278 g/mol. The number of nitrogens with zero attached hydrogens (tertiary/aromatic N) is 1. The molecule has 1 saturated heterocycles. The summed E-state index contributed by atoms with van der Waals surface area (Å²) in [5.41, 5.74) is 3.74. The molecular weight excluding hydrogens is 260 g/mol. The summed E-state index contributed by atoms with van der Waals surface area (Å²) in [5, 5.41) is 11.6. The summed E-state index contributed by atoms with van der Waals surface area (Å²) in [6.45, 7) is 0.612. The highest BCUT2D eigenvalue weighted by atomic mass is 16.5. The number of carboxylic acid groups (broad SMARTS) is 1. The van der Waals surface area contributed by atoms with Crippen LogP contribution in [0.25, 0.3) is 0 Å². The maximum Gasteiger partial charge on any atom is 0.328 e. The first kappa shape index (κ1) is 14.5. The monoisotopic (exact) mass is 278 g/mol. The number of ether oxygens (including phenoxy) is 1. The lowest BCUT2D eigenvalue weighted by molar-refractivity contribution is -0.936. The summed E-state index contributed by atoms with van der Waals surface area (Å²) >= 11 is 0. The quantitative estimate of drug-likeness (QED) is 0.630. The van der Waals surface area contributed by atoms with Gasteiger partial charge in [-0.2, -0.15) is 4.59 Å². The maximum atomic E-state index is 11.6. The van der Waals surface area contributed by atoms with Crippen molar-refractivity contribution in [1.29, 1.82) is 0 Å². The molecule has 6 nitrogen and oxygen atoms in total. The lowest BCUT2D eigenvalue weighted by Crippen LogP contribution is -2.71. The van der Waals surface area contributed by atoms with Crippen molar-refractivity contribution in [2.75, 3.05) is 13.7 Å². The van der Waals surface area contributed by atoms with Gasteiger partial charge < -0.3 is 14.6 Å². The van der Waals surface area contributed by atoms with Crippen LogP contribution in [0, 0.1) is 0 Å². The van der Waals surface area contributed by atoms with Crippen molar-refractivity contribution in [3.05, 3.63) is 35.9 Å². The summed E-state index contributed by atoms with van der Waals surface area (Å²) in [6, 6.07) is 8.66. The molecule has 0 aromatic heterocycles. The second-order valence-electron chi connectivity index (χ2n) is 4.95. The number of nitrogens with one attached hydrogen (secondary N) is 1. The van der Waals surface area contributed by atoms with Gasteiger partial charge in [-0.25, -0.2) is 0 Å². The Bertz CT molecular complexity index is 491. The molecular formula is C14H18N2O4. The molecule has 0 aliphatic carbocycles. The maximum absolute atomic E-state index is 11.6. The molecule has 2 rings (SSSR count). The SMILES string of the molecule is COC(=O)C1CCC[N@@+](Cc2ccccc2)(C(=O)[O-])N1. The first-order valence-corrected chi connectivity index (χ1v) is 6.55. The molecule has 1 aliphatic heterocycles. The molecule has 6 heteroatoms. The first-order chi connectivity index (χ1) is 9.57. The van der Waals surface area contributed by atoms with Crippen LogP contribution < -0.4 is 10.5 Å². The smallest absolute Gasteiger partial charge is 0.328 e. The van der Waals surface area contributed by atoms with Crippen molar-refractivity contribution in [2.45, 2.75) is 25.4 Å². The van der Waals surface area contributed by atoms with Crippen molar-refractivity contribution in [3.8, 4) is 0 Å². The van der Waals surface area contributed by atoms with Crippen molar-refractivity contribution >= 4 is 12.1 Å². The fraction of sp³-hybridized carbons (Fsp3) is 0.429. The highest BCUT2D eigenvalue weighted by Crippen LogP contribution is 2.20. The van der Waals surface area contributed by atoms with Crippen molar-refractivity contribution in [3.63, 3.8) is 0 Å². The van der Waals surface area contributed by atoms with Crippen molar-refractivity contribution in [2.24, 2.45) is 0 Å². The van der Waals surface area contributed by atoms with Gasteiger partial charge in [0.05, 0.1) is 7.11 Å². The Hall–Kier alpha value is -1.92. The highest BCUT2D eigenvalue weighted by Gasteiger charge is 2.40. The third-order valence-corrected chi connectivity index (χ3v) is 3.57. The van der Waals surface area contributed by atoms with E-state index in [1.165, 1.54) is 7.11 Å². The number of rotatable bonds is 3. The molecule has 1 amide bonds. The number of carbonyl (C=O) groups is 2. The van der Waals surface area contributed by atoms with E-state index in [2.05, 4.69) is 10.2 Å². The largest absolute Gasteiger partial charge is 0.497 e. The molecule has 1 unspecified atom stereocenters.